The second-order valence-electron chi connectivity index (χ2n) is 8.10. The fourth-order valence-corrected chi connectivity index (χ4v) is 4.39. The highest BCUT2D eigenvalue weighted by Crippen LogP contribution is 2.42. The van der Waals surface area contributed by atoms with Crippen LogP contribution in [0.25, 0.3) is 11.3 Å². The first kappa shape index (κ1) is 20.3. The Hall–Kier alpha value is -3.62. The van der Waals surface area contributed by atoms with Gasteiger partial charge in [0.05, 0.1) is 23.0 Å². The molecule has 2 unspecified atom stereocenters. The second kappa shape index (κ2) is 7.51. The maximum atomic E-state index is 13.3. The van der Waals surface area contributed by atoms with Crippen molar-refractivity contribution in [3.8, 4) is 11.3 Å². The molecule has 3 aromatic rings. The van der Waals surface area contributed by atoms with E-state index < -0.39 is 11.7 Å². The summed E-state index contributed by atoms with van der Waals surface area (Å²) in [5, 5.41) is 2.88. The van der Waals surface area contributed by atoms with Crippen molar-refractivity contribution in [3.05, 3.63) is 66.5 Å². The normalized spacial score (nSPS) is 19.6. The lowest BCUT2D eigenvalue weighted by Crippen LogP contribution is -2.49. The van der Waals surface area contributed by atoms with Crippen LogP contribution in [0.3, 0.4) is 0 Å². The zero-order valence-corrected chi connectivity index (χ0v) is 17.2. The molecule has 6 nitrogen and oxygen atoms in total. The van der Waals surface area contributed by atoms with Crippen molar-refractivity contribution in [1.29, 1.82) is 0 Å². The van der Waals surface area contributed by atoms with E-state index in [0.717, 1.165) is 24.4 Å². The number of fused-ring (bicyclic) bond motifs is 4. The molecule has 5 rings (SSSR count). The summed E-state index contributed by atoms with van der Waals surface area (Å²) in [6.45, 7) is 3.54. The van der Waals surface area contributed by atoms with Crippen molar-refractivity contribution in [2.75, 3.05) is 28.2 Å². The van der Waals surface area contributed by atoms with E-state index in [2.05, 4.69) is 27.1 Å². The van der Waals surface area contributed by atoms with E-state index in [9.17, 15) is 18.0 Å². The molecule has 0 aliphatic carbocycles. The minimum Gasteiger partial charge on any atom is -0.366 e. The van der Waals surface area contributed by atoms with Crippen LogP contribution in [-0.4, -0.2) is 35.1 Å². The Bertz CT molecular complexity index is 1170. The molecule has 2 aliphatic rings. The molecule has 1 fully saturated rings. The van der Waals surface area contributed by atoms with Gasteiger partial charge in [-0.1, -0.05) is 19.1 Å². The Balaban J connectivity index is 1.56. The van der Waals surface area contributed by atoms with Crippen molar-refractivity contribution in [1.82, 2.24) is 9.97 Å². The van der Waals surface area contributed by atoms with Crippen molar-refractivity contribution in [2.24, 2.45) is 5.92 Å². The van der Waals surface area contributed by atoms with Gasteiger partial charge in [0.1, 0.15) is 0 Å². The summed E-state index contributed by atoms with van der Waals surface area (Å²) in [5.74, 6) is 0.663. The Morgan fingerprint density at radius 1 is 1.09 bits per heavy atom. The predicted molar refractivity (Wildman–Crippen MR) is 116 cm³/mol. The Morgan fingerprint density at radius 3 is 2.62 bits per heavy atom. The van der Waals surface area contributed by atoms with Gasteiger partial charge in [0.25, 0.3) is 0 Å². The number of amides is 2. The first-order valence-electron chi connectivity index (χ1n) is 10.2. The van der Waals surface area contributed by atoms with E-state index in [4.69, 9.17) is 0 Å². The lowest BCUT2D eigenvalue weighted by Gasteiger charge is -2.36. The summed E-state index contributed by atoms with van der Waals surface area (Å²) in [5.41, 5.74) is 1.39. The highest BCUT2D eigenvalue weighted by Gasteiger charge is 2.44. The molecular weight excluding hydrogens is 419 g/mol. The largest absolute Gasteiger partial charge is 0.416 e. The first-order chi connectivity index (χ1) is 15.3. The van der Waals surface area contributed by atoms with E-state index in [0.29, 0.717) is 29.3 Å². The van der Waals surface area contributed by atoms with Gasteiger partial charge >= 0.3 is 12.2 Å². The smallest absolute Gasteiger partial charge is 0.366 e. The zero-order valence-electron chi connectivity index (χ0n) is 17.2. The third kappa shape index (κ3) is 3.53. The van der Waals surface area contributed by atoms with Crippen LogP contribution in [0.5, 0.6) is 0 Å². The maximum Gasteiger partial charge on any atom is 0.416 e. The highest BCUT2D eigenvalue weighted by atomic mass is 19.4. The molecule has 9 heteroatoms. The standard InChI is InChI=1S/C23H20F3N5O/c1-14-12-30-13-20(14)31(22(32)28-17-7-9-27-10-8-17)21-19(30)6-5-18(29-21)15-3-2-4-16(11-15)23(24,25)26/h2-11,14,20H,12-13H2,1H3,(H,27,28,32). The lowest BCUT2D eigenvalue weighted by molar-refractivity contribution is -0.137. The number of alkyl halides is 3. The number of carbonyl (C=O) groups is 1. The molecule has 2 atom stereocenters. The van der Waals surface area contributed by atoms with Gasteiger partial charge in [-0.2, -0.15) is 13.2 Å². The summed E-state index contributed by atoms with van der Waals surface area (Å²) < 4.78 is 39.6. The minimum absolute atomic E-state index is 0.0893. The van der Waals surface area contributed by atoms with Crippen molar-refractivity contribution >= 4 is 23.2 Å². The molecule has 164 valence electrons. The number of halogens is 3. The van der Waals surface area contributed by atoms with Crippen molar-refractivity contribution < 1.29 is 18.0 Å². The van der Waals surface area contributed by atoms with Crippen molar-refractivity contribution in [3.63, 3.8) is 0 Å². The molecule has 0 saturated carbocycles. The fourth-order valence-electron chi connectivity index (χ4n) is 4.39. The third-order valence-corrected chi connectivity index (χ3v) is 5.96. The maximum absolute atomic E-state index is 13.3. The third-order valence-electron chi connectivity index (χ3n) is 5.96. The van der Waals surface area contributed by atoms with Gasteiger partial charge in [0.15, 0.2) is 5.82 Å². The number of carbonyl (C=O) groups excluding carboxylic acids is 1. The second-order valence-corrected chi connectivity index (χ2v) is 8.10. The number of anilines is 3. The number of urea groups is 1. The molecule has 1 N–H and O–H groups in total. The topological polar surface area (TPSA) is 61.4 Å². The number of pyridine rings is 2. The molecule has 4 heterocycles. The van der Waals surface area contributed by atoms with E-state index in [1.807, 2.05) is 6.07 Å². The van der Waals surface area contributed by atoms with Crippen LogP contribution in [0.15, 0.2) is 60.9 Å². The number of benzene rings is 1. The van der Waals surface area contributed by atoms with E-state index >= 15 is 0 Å². The summed E-state index contributed by atoms with van der Waals surface area (Å²) in [6.07, 6.45) is -1.27. The molecule has 1 aromatic carbocycles. The molecule has 0 radical (unpaired) electrons. The predicted octanol–water partition coefficient (Wildman–Crippen LogP) is 5.04. The van der Waals surface area contributed by atoms with Gasteiger partial charge < -0.3 is 10.2 Å². The molecule has 2 aliphatic heterocycles. The van der Waals surface area contributed by atoms with E-state index in [1.165, 1.54) is 6.07 Å². The van der Waals surface area contributed by atoms with Gasteiger partial charge in [0, 0.05) is 36.7 Å². The van der Waals surface area contributed by atoms with Crippen LogP contribution in [0.1, 0.15) is 12.5 Å². The van der Waals surface area contributed by atoms with Crippen LogP contribution >= 0.6 is 0 Å². The summed E-state index contributed by atoms with van der Waals surface area (Å²) in [6, 6.07) is 11.6. The van der Waals surface area contributed by atoms with Crippen LogP contribution in [-0.2, 0) is 6.18 Å². The summed E-state index contributed by atoms with van der Waals surface area (Å²) in [4.78, 5) is 25.7. The Labute approximate surface area is 182 Å². The highest BCUT2D eigenvalue weighted by molar-refractivity contribution is 6.04. The van der Waals surface area contributed by atoms with E-state index in [1.54, 1.807) is 41.6 Å². The first-order valence-corrected chi connectivity index (χ1v) is 10.2. The molecular formula is C23H20F3N5O. The van der Waals surface area contributed by atoms with Gasteiger partial charge in [-0.05, 0) is 42.3 Å². The van der Waals surface area contributed by atoms with Gasteiger partial charge in [-0.25, -0.2) is 9.78 Å². The SMILES string of the molecule is CC1CN2CC1N(C(=O)Nc1ccncc1)c1nc(-c3cccc(C(F)(F)F)c3)ccc12. The molecule has 32 heavy (non-hydrogen) atoms. The van der Waals surface area contributed by atoms with Crippen LogP contribution in [0.4, 0.5) is 35.2 Å². The zero-order chi connectivity index (χ0) is 22.5. The molecule has 2 aromatic heterocycles. The number of hydrogen-bond donors (Lipinski definition) is 1. The molecule has 1 saturated heterocycles. The van der Waals surface area contributed by atoms with Crippen LogP contribution in [0.2, 0.25) is 0 Å². The molecule has 2 amide bonds. The van der Waals surface area contributed by atoms with Gasteiger partial charge in [-0.3, -0.25) is 9.88 Å². The Morgan fingerprint density at radius 2 is 1.88 bits per heavy atom. The summed E-state index contributed by atoms with van der Waals surface area (Å²) >= 11 is 0. The fraction of sp³-hybridized carbons (Fsp3) is 0.261. The Kier molecular flexibility index (Phi) is 4.76. The number of rotatable bonds is 2. The van der Waals surface area contributed by atoms with Crippen LogP contribution in [0, 0.1) is 5.92 Å². The number of aromatic nitrogens is 2. The monoisotopic (exact) mass is 439 g/mol. The molecule has 2 bridgehead atoms. The lowest BCUT2D eigenvalue weighted by atomic mass is 10.0. The van der Waals surface area contributed by atoms with Gasteiger partial charge in [0.2, 0.25) is 0 Å². The minimum atomic E-state index is -4.44. The average molecular weight is 439 g/mol. The summed E-state index contributed by atoms with van der Waals surface area (Å²) in [7, 11) is 0. The van der Waals surface area contributed by atoms with Crippen LogP contribution < -0.4 is 15.1 Å². The van der Waals surface area contributed by atoms with Gasteiger partial charge in [-0.15, -0.1) is 0 Å². The number of nitrogens with zero attached hydrogens (tertiary/aromatic N) is 4. The quantitative estimate of drug-likeness (QED) is 0.608. The number of nitrogens with one attached hydrogen (secondary N) is 1. The molecule has 0 spiro atoms. The van der Waals surface area contributed by atoms with Crippen molar-refractivity contribution in [2.45, 2.75) is 19.1 Å². The number of hydrogen-bond acceptors (Lipinski definition) is 4. The average Bonchev–Trinajstić information content (AvgIpc) is 3.10. The van der Waals surface area contributed by atoms with E-state index in [-0.39, 0.29) is 18.0 Å².